The van der Waals surface area contributed by atoms with Crippen LogP contribution in [0.4, 0.5) is 0 Å². The Kier molecular flexibility index (Phi) is 6.52. The van der Waals surface area contributed by atoms with Gasteiger partial charge in [-0.2, -0.15) is 0 Å². The quantitative estimate of drug-likeness (QED) is 0.425. The molecule has 4 nitrogen and oxygen atoms in total. The van der Waals surface area contributed by atoms with E-state index in [2.05, 4.69) is 6.92 Å². The molecular formula is C11H23NO3. The second-order valence-electron chi connectivity index (χ2n) is 4.90. The summed E-state index contributed by atoms with van der Waals surface area (Å²) in [5.74, 6) is -1.04. The van der Waals surface area contributed by atoms with Crippen LogP contribution in [0.15, 0.2) is 0 Å². The van der Waals surface area contributed by atoms with Crippen LogP contribution in [0, 0.1) is 0 Å². The maximum Gasteiger partial charge on any atom is 0.112 e. The van der Waals surface area contributed by atoms with Gasteiger partial charge in [-0.05, 0) is 6.42 Å². The van der Waals surface area contributed by atoms with Crippen molar-refractivity contribution in [3.8, 4) is 0 Å². The molecule has 1 atom stereocenters. The third kappa shape index (κ3) is 9.69. The molecule has 0 aliphatic carbocycles. The average molecular weight is 217 g/mol. The van der Waals surface area contributed by atoms with E-state index in [4.69, 9.17) is 4.74 Å². The normalized spacial score (nSPS) is 13.9. The molecule has 90 valence electrons. The number of hydrogen-bond acceptors (Lipinski definition) is 3. The van der Waals surface area contributed by atoms with Gasteiger partial charge in [0.1, 0.15) is 12.6 Å². The number of carboxylic acid groups (broad SMARTS) is 1. The van der Waals surface area contributed by atoms with Crippen molar-refractivity contribution < 1.29 is 19.1 Å². The minimum absolute atomic E-state index is 0.0146. The first kappa shape index (κ1) is 14.4. The molecule has 0 saturated carbocycles. The van der Waals surface area contributed by atoms with E-state index < -0.39 is 5.97 Å². The predicted molar refractivity (Wildman–Crippen MR) is 57.2 cm³/mol. The van der Waals surface area contributed by atoms with Crippen LogP contribution < -0.4 is 5.11 Å². The Balaban J connectivity index is 4.01. The van der Waals surface area contributed by atoms with Gasteiger partial charge in [-0.1, -0.05) is 13.3 Å². The summed E-state index contributed by atoms with van der Waals surface area (Å²) in [6.45, 7) is 3.41. The molecule has 0 heterocycles. The van der Waals surface area contributed by atoms with Crippen LogP contribution in [0.2, 0.25) is 0 Å². The highest BCUT2D eigenvalue weighted by atomic mass is 16.5. The topological polar surface area (TPSA) is 49.4 Å². The van der Waals surface area contributed by atoms with Crippen molar-refractivity contribution in [1.82, 2.24) is 0 Å². The molecule has 0 fully saturated rings. The highest BCUT2D eigenvalue weighted by molar-refractivity contribution is 5.64. The van der Waals surface area contributed by atoms with Crippen molar-refractivity contribution in [3.05, 3.63) is 0 Å². The van der Waals surface area contributed by atoms with Crippen LogP contribution in [-0.2, 0) is 9.53 Å². The van der Waals surface area contributed by atoms with Crippen LogP contribution in [0.5, 0.6) is 0 Å². The fourth-order valence-corrected chi connectivity index (χ4v) is 1.37. The SMILES string of the molecule is CCCCOC(CC(=O)[O-])C[N+](C)(C)C. The summed E-state index contributed by atoms with van der Waals surface area (Å²) in [4.78, 5) is 10.5. The van der Waals surface area contributed by atoms with Gasteiger partial charge in [-0.3, -0.25) is 0 Å². The van der Waals surface area contributed by atoms with Gasteiger partial charge in [0.25, 0.3) is 0 Å². The van der Waals surface area contributed by atoms with Crippen molar-refractivity contribution in [2.24, 2.45) is 0 Å². The summed E-state index contributed by atoms with van der Waals surface area (Å²) in [7, 11) is 6.06. The number of likely N-dealkylation sites (N-methyl/N-ethyl adjacent to an activating group) is 1. The first-order valence-electron chi connectivity index (χ1n) is 5.47. The zero-order valence-corrected chi connectivity index (χ0v) is 10.3. The van der Waals surface area contributed by atoms with E-state index >= 15 is 0 Å². The van der Waals surface area contributed by atoms with E-state index in [9.17, 15) is 9.90 Å². The molecule has 0 spiro atoms. The lowest BCUT2D eigenvalue weighted by atomic mass is 10.2. The van der Waals surface area contributed by atoms with Crippen molar-refractivity contribution in [1.29, 1.82) is 0 Å². The van der Waals surface area contributed by atoms with E-state index in [1.807, 2.05) is 21.1 Å². The standard InChI is InChI=1S/C11H23NO3/c1-5-6-7-15-10(8-11(13)14)9-12(2,3)4/h10H,5-9H2,1-4H3. The molecule has 0 aliphatic heterocycles. The monoisotopic (exact) mass is 217 g/mol. The largest absolute Gasteiger partial charge is 0.550 e. The fourth-order valence-electron chi connectivity index (χ4n) is 1.37. The first-order valence-corrected chi connectivity index (χ1v) is 5.47. The van der Waals surface area contributed by atoms with Gasteiger partial charge in [0.15, 0.2) is 0 Å². The molecule has 4 heteroatoms. The van der Waals surface area contributed by atoms with Crippen LogP contribution in [0.25, 0.3) is 0 Å². The third-order valence-electron chi connectivity index (χ3n) is 2.00. The van der Waals surface area contributed by atoms with Gasteiger partial charge in [0, 0.05) is 19.0 Å². The predicted octanol–water partition coefficient (Wildman–Crippen LogP) is 0.0179. The molecule has 0 radical (unpaired) electrons. The molecule has 0 saturated heterocycles. The van der Waals surface area contributed by atoms with Crippen molar-refractivity contribution >= 4 is 5.97 Å². The van der Waals surface area contributed by atoms with E-state index in [0.29, 0.717) is 17.6 Å². The van der Waals surface area contributed by atoms with Crippen LogP contribution in [0.1, 0.15) is 26.2 Å². The minimum atomic E-state index is -1.04. The highest BCUT2D eigenvalue weighted by Gasteiger charge is 2.18. The van der Waals surface area contributed by atoms with Gasteiger partial charge >= 0.3 is 0 Å². The number of ether oxygens (including phenoxy) is 1. The molecule has 0 aromatic rings. The van der Waals surface area contributed by atoms with Crippen LogP contribution in [-0.4, -0.2) is 50.9 Å². The van der Waals surface area contributed by atoms with Crippen LogP contribution in [0.3, 0.4) is 0 Å². The number of nitrogens with zero attached hydrogens (tertiary/aromatic N) is 1. The molecule has 0 aliphatic rings. The Labute approximate surface area is 92.4 Å². The van der Waals surface area contributed by atoms with E-state index in [0.717, 1.165) is 12.8 Å². The highest BCUT2D eigenvalue weighted by Crippen LogP contribution is 2.05. The van der Waals surface area contributed by atoms with Gasteiger partial charge in [0.05, 0.1) is 21.1 Å². The maximum atomic E-state index is 10.5. The molecule has 0 rings (SSSR count). The Bertz CT molecular complexity index is 187. The molecule has 0 bridgehead atoms. The van der Waals surface area contributed by atoms with Gasteiger partial charge in [0.2, 0.25) is 0 Å². The fraction of sp³-hybridized carbons (Fsp3) is 0.909. The van der Waals surface area contributed by atoms with Crippen LogP contribution >= 0.6 is 0 Å². The molecule has 15 heavy (non-hydrogen) atoms. The zero-order valence-electron chi connectivity index (χ0n) is 10.3. The zero-order chi connectivity index (χ0) is 11.9. The number of carboxylic acids is 1. The van der Waals surface area contributed by atoms with Gasteiger partial charge in [-0.25, -0.2) is 0 Å². The third-order valence-corrected chi connectivity index (χ3v) is 2.00. The molecule has 1 unspecified atom stereocenters. The smallest absolute Gasteiger partial charge is 0.112 e. The Morgan fingerprint density at radius 2 is 2.00 bits per heavy atom. The summed E-state index contributed by atoms with van der Waals surface area (Å²) in [5.41, 5.74) is 0. The van der Waals surface area contributed by atoms with E-state index in [1.165, 1.54) is 0 Å². The lowest BCUT2D eigenvalue weighted by Crippen LogP contribution is -2.44. The number of rotatable bonds is 8. The number of hydrogen-bond donors (Lipinski definition) is 0. The minimum Gasteiger partial charge on any atom is -0.550 e. The molecule has 0 amide bonds. The summed E-state index contributed by atoms with van der Waals surface area (Å²) < 4.78 is 6.23. The lowest BCUT2D eigenvalue weighted by molar-refractivity contribution is -0.873. The molecular weight excluding hydrogens is 194 g/mol. The maximum absolute atomic E-state index is 10.5. The van der Waals surface area contributed by atoms with Crippen molar-refractivity contribution in [3.63, 3.8) is 0 Å². The first-order chi connectivity index (χ1) is 6.85. The summed E-state index contributed by atoms with van der Waals surface area (Å²) in [6, 6.07) is 0. The average Bonchev–Trinajstić information content (AvgIpc) is 2.00. The van der Waals surface area contributed by atoms with E-state index in [-0.39, 0.29) is 12.5 Å². The summed E-state index contributed by atoms with van der Waals surface area (Å²) in [5, 5.41) is 10.5. The second-order valence-corrected chi connectivity index (χ2v) is 4.90. The van der Waals surface area contributed by atoms with E-state index in [1.54, 1.807) is 0 Å². The molecule has 0 N–H and O–H groups in total. The number of aliphatic carboxylic acids is 1. The Hall–Kier alpha value is -0.610. The van der Waals surface area contributed by atoms with Gasteiger partial charge in [-0.15, -0.1) is 0 Å². The summed E-state index contributed by atoms with van der Waals surface area (Å²) in [6.07, 6.45) is 1.78. The molecule has 0 aromatic heterocycles. The molecule has 0 aromatic carbocycles. The second kappa shape index (κ2) is 6.80. The number of carbonyl (C=O) groups excluding carboxylic acids is 1. The lowest BCUT2D eigenvalue weighted by Gasteiger charge is -2.29. The number of carbonyl (C=O) groups is 1. The van der Waals surface area contributed by atoms with Crippen molar-refractivity contribution in [2.75, 3.05) is 34.3 Å². The Morgan fingerprint density at radius 1 is 1.40 bits per heavy atom. The number of unbranched alkanes of at least 4 members (excludes halogenated alkanes) is 1. The van der Waals surface area contributed by atoms with Gasteiger partial charge < -0.3 is 19.1 Å². The number of quaternary nitrogens is 1. The van der Waals surface area contributed by atoms with Crippen molar-refractivity contribution in [2.45, 2.75) is 32.3 Å². The summed E-state index contributed by atoms with van der Waals surface area (Å²) >= 11 is 0. The Morgan fingerprint density at radius 3 is 2.40 bits per heavy atom.